The van der Waals surface area contributed by atoms with Gasteiger partial charge in [-0.15, -0.1) is 0 Å². The zero-order chi connectivity index (χ0) is 13.4. The highest BCUT2D eigenvalue weighted by atomic mass is 16.3. The van der Waals surface area contributed by atoms with Gasteiger partial charge in [0.05, 0.1) is 0 Å². The van der Waals surface area contributed by atoms with Gasteiger partial charge in [0.2, 0.25) is 0 Å². The SMILES string of the molecule is CC(C)c1cc(C(C)C)c(O)c(C(C)(C)C)c1. The summed E-state index contributed by atoms with van der Waals surface area (Å²) in [7, 11) is 0. The van der Waals surface area contributed by atoms with Crippen LogP contribution in [0, 0.1) is 0 Å². The molecule has 1 rings (SSSR count). The normalized spacial score (nSPS) is 12.5. The zero-order valence-corrected chi connectivity index (χ0v) is 12.3. The fraction of sp³-hybridized carbons (Fsp3) is 0.625. The van der Waals surface area contributed by atoms with Crippen molar-refractivity contribution >= 4 is 0 Å². The highest BCUT2D eigenvalue weighted by Crippen LogP contribution is 2.38. The van der Waals surface area contributed by atoms with Crippen molar-refractivity contribution in [1.82, 2.24) is 0 Å². The van der Waals surface area contributed by atoms with Gasteiger partial charge < -0.3 is 5.11 Å². The van der Waals surface area contributed by atoms with Gasteiger partial charge in [0.25, 0.3) is 0 Å². The Hall–Kier alpha value is -0.980. The molecule has 0 bridgehead atoms. The second kappa shape index (κ2) is 4.72. The molecule has 17 heavy (non-hydrogen) atoms. The molecule has 1 heteroatoms. The van der Waals surface area contributed by atoms with E-state index in [0.717, 1.165) is 11.1 Å². The summed E-state index contributed by atoms with van der Waals surface area (Å²) in [6.07, 6.45) is 0. The summed E-state index contributed by atoms with van der Waals surface area (Å²) in [4.78, 5) is 0. The van der Waals surface area contributed by atoms with E-state index in [0.29, 0.717) is 17.6 Å². The van der Waals surface area contributed by atoms with Gasteiger partial charge in [-0.2, -0.15) is 0 Å². The molecule has 0 aromatic heterocycles. The molecule has 0 amide bonds. The third-order valence-corrected chi connectivity index (χ3v) is 3.26. The summed E-state index contributed by atoms with van der Waals surface area (Å²) in [5.41, 5.74) is 3.43. The molecule has 0 aliphatic heterocycles. The fourth-order valence-electron chi connectivity index (χ4n) is 2.03. The minimum atomic E-state index is -0.0153. The molecule has 0 atom stereocenters. The van der Waals surface area contributed by atoms with E-state index in [2.05, 4.69) is 60.6 Å². The van der Waals surface area contributed by atoms with Gasteiger partial charge in [0, 0.05) is 0 Å². The summed E-state index contributed by atoms with van der Waals surface area (Å²) in [5, 5.41) is 10.4. The number of benzene rings is 1. The van der Waals surface area contributed by atoms with Crippen LogP contribution in [0.3, 0.4) is 0 Å². The standard InChI is InChI=1S/C16H26O/c1-10(2)12-8-13(11(3)4)15(17)14(9-12)16(5,6)7/h8-11,17H,1-7H3. The third kappa shape index (κ3) is 3.02. The van der Waals surface area contributed by atoms with Crippen LogP contribution in [0.4, 0.5) is 0 Å². The van der Waals surface area contributed by atoms with Crippen molar-refractivity contribution in [2.24, 2.45) is 0 Å². The molecule has 0 aliphatic carbocycles. The second-order valence-corrected chi connectivity index (χ2v) is 6.57. The van der Waals surface area contributed by atoms with Crippen molar-refractivity contribution in [2.75, 3.05) is 0 Å². The van der Waals surface area contributed by atoms with E-state index < -0.39 is 0 Å². The molecule has 0 saturated carbocycles. The molecule has 0 saturated heterocycles. The van der Waals surface area contributed by atoms with Gasteiger partial charge in [-0.3, -0.25) is 0 Å². The quantitative estimate of drug-likeness (QED) is 0.768. The predicted molar refractivity (Wildman–Crippen MR) is 75.0 cm³/mol. The van der Waals surface area contributed by atoms with E-state index in [4.69, 9.17) is 0 Å². The van der Waals surface area contributed by atoms with Crippen LogP contribution in [-0.4, -0.2) is 5.11 Å². The lowest BCUT2D eigenvalue weighted by atomic mass is 9.81. The lowest BCUT2D eigenvalue weighted by Crippen LogP contribution is -2.13. The molecule has 0 fully saturated rings. The summed E-state index contributed by atoms with van der Waals surface area (Å²) in [6.45, 7) is 15.1. The fourth-order valence-corrected chi connectivity index (χ4v) is 2.03. The summed E-state index contributed by atoms with van der Waals surface area (Å²) >= 11 is 0. The van der Waals surface area contributed by atoms with E-state index in [1.165, 1.54) is 5.56 Å². The molecule has 1 aromatic rings. The van der Waals surface area contributed by atoms with Crippen LogP contribution in [-0.2, 0) is 5.41 Å². The highest BCUT2D eigenvalue weighted by molar-refractivity contribution is 5.49. The summed E-state index contributed by atoms with van der Waals surface area (Å²) in [5.74, 6) is 1.33. The molecular formula is C16H26O. The minimum Gasteiger partial charge on any atom is -0.507 e. The Kier molecular flexibility index (Phi) is 3.91. The maximum absolute atomic E-state index is 10.4. The van der Waals surface area contributed by atoms with Crippen LogP contribution in [0.5, 0.6) is 5.75 Å². The van der Waals surface area contributed by atoms with Crippen LogP contribution in [0.1, 0.15) is 77.0 Å². The van der Waals surface area contributed by atoms with Crippen molar-refractivity contribution < 1.29 is 5.11 Å². The lowest BCUT2D eigenvalue weighted by molar-refractivity contribution is 0.436. The van der Waals surface area contributed by atoms with Crippen LogP contribution in [0.15, 0.2) is 12.1 Å². The number of hydrogen-bond donors (Lipinski definition) is 1. The lowest BCUT2D eigenvalue weighted by Gasteiger charge is -2.25. The average Bonchev–Trinajstić information content (AvgIpc) is 2.15. The number of rotatable bonds is 2. The van der Waals surface area contributed by atoms with Crippen LogP contribution in [0.25, 0.3) is 0 Å². The van der Waals surface area contributed by atoms with Crippen LogP contribution >= 0.6 is 0 Å². The largest absolute Gasteiger partial charge is 0.507 e. The van der Waals surface area contributed by atoms with Gasteiger partial charge in [-0.1, -0.05) is 60.6 Å². The molecule has 0 aliphatic rings. The van der Waals surface area contributed by atoms with Crippen molar-refractivity contribution in [3.8, 4) is 5.75 Å². The average molecular weight is 234 g/mol. The molecule has 1 N–H and O–H groups in total. The van der Waals surface area contributed by atoms with Gasteiger partial charge in [-0.05, 0) is 33.9 Å². The number of aromatic hydroxyl groups is 1. The highest BCUT2D eigenvalue weighted by Gasteiger charge is 2.22. The third-order valence-electron chi connectivity index (χ3n) is 3.26. The molecule has 0 heterocycles. The van der Waals surface area contributed by atoms with Crippen LogP contribution < -0.4 is 0 Å². The Morgan fingerprint density at radius 1 is 0.941 bits per heavy atom. The van der Waals surface area contributed by atoms with Gasteiger partial charge in [0.1, 0.15) is 5.75 Å². The first-order valence-electron chi connectivity index (χ1n) is 6.52. The Bertz CT molecular complexity index is 395. The van der Waals surface area contributed by atoms with Gasteiger partial charge in [0.15, 0.2) is 0 Å². The smallest absolute Gasteiger partial charge is 0.122 e. The Morgan fingerprint density at radius 2 is 1.47 bits per heavy atom. The van der Waals surface area contributed by atoms with E-state index >= 15 is 0 Å². The van der Waals surface area contributed by atoms with Crippen molar-refractivity contribution in [2.45, 2.75) is 65.7 Å². The molecule has 96 valence electrons. The maximum atomic E-state index is 10.4. The van der Waals surface area contributed by atoms with E-state index in [1.54, 1.807) is 0 Å². The van der Waals surface area contributed by atoms with Crippen molar-refractivity contribution in [3.63, 3.8) is 0 Å². The first-order chi connectivity index (χ1) is 7.64. The first-order valence-corrected chi connectivity index (χ1v) is 6.52. The van der Waals surface area contributed by atoms with Crippen LogP contribution in [0.2, 0.25) is 0 Å². The topological polar surface area (TPSA) is 20.2 Å². The Morgan fingerprint density at radius 3 is 1.82 bits per heavy atom. The maximum Gasteiger partial charge on any atom is 0.122 e. The van der Waals surface area contributed by atoms with Gasteiger partial charge >= 0.3 is 0 Å². The molecule has 1 nitrogen and oxygen atoms in total. The number of hydrogen-bond acceptors (Lipinski definition) is 1. The number of phenols is 1. The summed E-state index contributed by atoms with van der Waals surface area (Å²) in [6, 6.07) is 4.31. The van der Waals surface area contributed by atoms with E-state index in [1.807, 2.05) is 0 Å². The molecule has 0 spiro atoms. The predicted octanol–water partition coefficient (Wildman–Crippen LogP) is 4.94. The monoisotopic (exact) mass is 234 g/mol. The summed E-state index contributed by atoms with van der Waals surface area (Å²) < 4.78 is 0. The molecule has 0 unspecified atom stereocenters. The molecule has 1 aromatic carbocycles. The van der Waals surface area contributed by atoms with E-state index in [9.17, 15) is 5.11 Å². The molecular weight excluding hydrogens is 208 g/mol. The Balaban J connectivity index is 3.49. The van der Waals surface area contributed by atoms with Crippen molar-refractivity contribution in [3.05, 3.63) is 28.8 Å². The first kappa shape index (κ1) is 14.1. The number of phenolic OH excluding ortho intramolecular Hbond substituents is 1. The molecule has 0 radical (unpaired) electrons. The van der Waals surface area contributed by atoms with Gasteiger partial charge in [-0.25, -0.2) is 0 Å². The van der Waals surface area contributed by atoms with E-state index in [-0.39, 0.29) is 5.41 Å². The van der Waals surface area contributed by atoms with Crippen molar-refractivity contribution in [1.29, 1.82) is 0 Å². The zero-order valence-electron chi connectivity index (χ0n) is 12.3. The minimum absolute atomic E-state index is 0.0153. The second-order valence-electron chi connectivity index (χ2n) is 6.57. The Labute approximate surface area is 106 Å².